The lowest BCUT2D eigenvalue weighted by Gasteiger charge is -2.34. The molecule has 2 aromatic carbocycles. The van der Waals surface area contributed by atoms with E-state index in [4.69, 9.17) is 4.74 Å². The van der Waals surface area contributed by atoms with Crippen molar-refractivity contribution in [2.45, 2.75) is 32.9 Å². The molecule has 6 nitrogen and oxygen atoms in total. The van der Waals surface area contributed by atoms with Crippen LogP contribution in [0.15, 0.2) is 67.0 Å². The summed E-state index contributed by atoms with van der Waals surface area (Å²) in [5.41, 5.74) is 4.13. The molecule has 0 saturated carbocycles. The molecule has 180 valence electrons. The number of nitrogens with one attached hydrogen (secondary N) is 2. The van der Waals surface area contributed by atoms with E-state index in [1.54, 1.807) is 0 Å². The van der Waals surface area contributed by atoms with E-state index in [0.29, 0.717) is 25.6 Å². The molecule has 0 atom stereocenters. The van der Waals surface area contributed by atoms with Crippen LogP contribution in [-0.4, -0.2) is 49.1 Å². The Balaban J connectivity index is 1.44. The van der Waals surface area contributed by atoms with Gasteiger partial charge >= 0.3 is 6.03 Å². The van der Waals surface area contributed by atoms with E-state index in [2.05, 4.69) is 42.3 Å². The first kappa shape index (κ1) is 23.7. The molecule has 34 heavy (non-hydrogen) atoms. The Morgan fingerprint density at radius 1 is 1.12 bits per heavy atom. The third-order valence-electron chi connectivity index (χ3n) is 6.65. The van der Waals surface area contributed by atoms with E-state index < -0.39 is 0 Å². The Kier molecular flexibility index (Phi) is 7.78. The van der Waals surface area contributed by atoms with Gasteiger partial charge in [-0.3, -0.25) is 0 Å². The summed E-state index contributed by atoms with van der Waals surface area (Å²) in [5, 5.41) is 6.64. The number of amides is 2. The Labute approximate surface area is 203 Å². The number of benzene rings is 2. The van der Waals surface area contributed by atoms with Gasteiger partial charge in [0.15, 0.2) is 0 Å². The van der Waals surface area contributed by atoms with Gasteiger partial charge < -0.3 is 25.2 Å². The molecular formula is C28H36N4O2. The minimum absolute atomic E-state index is 0.120. The fraction of sp³-hybridized carbons (Fsp3) is 0.393. The van der Waals surface area contributed by atoms with Crippen molar-refractivity contribution >= 4 is 11.6 Å². The predicted molar refractivity (Wildman–Crippen MR) is 137 cm³/mol. The molecule has 2 aliphatic heterocycles. The van der Waals surface area contributed by atoms with E-state index in [-0.39, 0.29) is 6.03 Å². The maximum atomic E-state index is 13.2. The number of carbonyl (C=O) groups is 1. The van der Waals surface area contributed by atoms with Crippen LogP contribution in [0.4, 0.5) is 4.79 Å². The van der Waals surface area contributed by atoms with E-state index >= 15 is 0 Å². The molecule has 1 fully saturated rings. The van der Waals surface area contributed by atoms with Crippen molar-refractivity contribution in [3.05, 3.63) is 83.7 Å². The van der Waals surface area contributed by atoms with Gasteiger partial charge in [-0.05, 0) is 53.7 Å². The van der Waals surface area contributed by atoms with E-state index in [9.17, 15) is 4.79 Å². The highest BCUT2D eigenvalue weighted by Gasteiger charge is 2.27. The lowest BCUT2D eigenvalue weighted by molar-refractivity contribution is 0.129. The van der Waals surface area contributed by atoms with Crippen LogP contribution in [0.25, 0.3) is 5.57 Å². The summed E-state index contributed by atoms with van der Waals surface area (Å²) in [4.78, 5) is 17.1. The van der Waals surface area contributed by atoms with Crippen molar-refractivity contribution in [2.75, 3.05) is 33.3 Å². The molecule has 0 aliphatic carbocycles. The number of hydrogen-bond donors (Lipinski definition) is 2. The highest BCUT2D eigenvalue weighted by atomic mass is 16.5. The lowest BCUT2D eigenvalue weighted by atomic mass is 9.99. The molecule has 0 radical (unpaired) electrons. The van der Waals surface area contributed by atoms with E-state index in [1.807, 2.05) is 53.3 Å². The van der Waals surface area contributed by atoms with Crippen molar-refractivity contribution < 1.29 is 9.53 Å². The van der Waals surface area contributed by atoms with Gasteiger partial charge in [0.25, 0.3) is 0 Å². The number of likely N-dealkylation sites (tertiary alicyclic amines) is 1. The van der Waals surface area contributed by atoms with Gasteiger partial charge in [-0.15, -0.1) is 0 Å². The molecule has 4 rings (SSSR count). The molecule has 0 unspecified atom stereocenters. The molecule has 6 heteroatoms. The number of fused-ring (bicyclic) bond motifs is 1. The summed E-state index contributed by atoms with van der Waals surface area (Å²) in [5.74, 6) is 2.44. The van der Waals surface area contributed by atoms with Crippen molar-refractivity contribution in [3.63, 3.8) is 0 Å². The van der Waals surface area contributed by atoms with Crippen LogP contribution in [0.3, 0.4) is 0 Å². The van der Waals surface area contributed by atoms with Gasteiger partial charge in [0.2, 0.25) is 0 Å². The first-order valence-corrected chi connectivity index (χ1v) is 12.2. The molecule has 2 aromatic rings. The van der Waals surface area contributed by atoms with Gasteiger partial charge in [-0.2, -0.15) is 0 Å². The maximum absolute atomic E-state index is 13.2. The quantitative estimate of drug-likeness (QED) is 0.619. The van der Waals surface area contributed by atoms with Crippen LogP contribution < -0.4 is 15.4 Å². The highest BCUT2D eigenvalue weighted by molar-refractivity contribution is 5.76. The molecule has 0 spiro atoms. The van der Waals surface area contributed by atoms with Crippen molar-refractivity contribution in [3.8, 4) is 5.75 Å². The second-order valence-electron chi connectivity index (χ2n) is 9.22. The van der Waals surface area contributed by atoms with Crippen LogP contribution in [0, 0.1) is 5.92 Å². The van der Waals surface area contributed by atoms with Gasteiger partial charge in [-0.25, -0.2) is 4.79 Å². The number of allylic oxidation sites excluding steroid dienone is 2. The van der Waals surface area contributed by atoms with E-state index in [1.165, 1.54) is 5.56 Å². The normalized spacial score (nSPS) is 16.8. The molecule has 2 N–H and O–H groups in total. The number of piperidine rings is 1. The van der Waals surface area contributed by atoms with Crippen LogP contribution in [0.5, 0.6) is 5.75 Å². The zero-order chi connectivity index (χ0) is 23.9. The summed E-state index contributed by atoms with van der Waals surface area (Å²) < 4.78 is 5.98. The number of rotatable bonds is 6. The van der Waals surface area contributed by atoms with Gasteiger partial charge in [0.1, 0.15) is 12.4 Å². The zero-order valence-electron chi connectivity index (χ0n) is 20.3. The monoisotopic (exact) mass is 460 g/mol. The standard InChI is InChI=1S/C28H36N4O2/c1-21-11-13-31(14-12-21)28(33)32-15-16-34-26-10-9-24(18-25(26)20-32)22(2)17-27(29-3)30-19-23-7-5-4-6-8-23/h4-10,17-18,21,29-30H,2,11-16,19-20H2,1,3H3/b27-17+. The Morgan fingerprint density at radius 2 is 1.88 bits per heavy atom. The van der Waals surface area contributed by atoms with Gasteiger partial charge in [0.05, 0.1) is 18.9 Å². The summed E-state index contributed by atoms with van der Waals surface area (Å²) >= 11 is 0. The minimum Gasteiger partial charge on any atom is -0.491 e. The van der Waals surface area contributed by atoms with Gasteiger partial charge in [0, 0.05) is 32.2 Å². The third kappa shape index (κ3) is 5.93. The van der Waals surface area contributed by atoms with Crippen LogP contribution in [0.1, 0.15) is 36.5 Å². The minimum atomic E-state index is 0.120. The summed E-state index contributed by atoms with van der Waals surface area (Å²) in [6.45, 7) is 10.6. The Morgan fingerprint density at radius 3 is 2.62 bits per heavy atom. The predicted octanol–water partition coefficient (Wildman–Crippen LogP) is 4.60. The number of ether oxygens (including phenoxy) is 1. The van der Waals surface area contributed by atoms with Crippen molar-refractivity contribution in [1.29, 1.82) is 0 Å². The average molecular weight is 461 g/mol. The molecule has 0 aromatic heterocycles. The van der Waals surface area contributed by atoms with E-state index in [0.717, 1.165) is 60.7 Å². The average Bonchev–Trinajstić information content (AvgIpc) is 3.09. The molecule has 2 aliphatic rings. The highest BCUT2D eigenvalue weighted by Crippen LogP contribution is 2.28. The molecule has 2 amide bonds. The van der Waals surface area contributed by atoms with Crippen LogP contribution >= 0.6 is 0 Å². The number of carbonyl (C=O) groups excluding carboxylic acids is 1. The Bertz CT molecular complexity index is 1030. The SMILES string of the molecule is C=C(/C=C(\NC)NCc1ccccc1)c1ccc2c(c1)CN(C(=O)N1CCC(C)CC1)CCO2. The first-order chi connectivity index (χ1) is 16.5. The summed E-state index contributed by atoms with van der Waals surface area (Å²) in [6, 6.07) is 16.5. The lowest BCUT2D eigenvalue weighted by Crippen LogP contribution is -2.46. The smallest absolute Gasteiger partial charge is 0.320 e. The largest absolute Gasteiger partial charge is 0.491 e. The van der Waals surface area contributed by atoms with Crippen molar-refractivity contribution in [2.24, 2.45) is 5.92 Å². The number of urea groups is 1. The summed E-state index contributed by atoms with van der Waals surface area (Å²) in [6.07, 6.45) is 4.17. The van der Waals surface area contributed by atoms with Crippen LogP contribution in [-0.2, 0) is 13.1 Å². The molecular weight excluding hydrogens is 424 g/mol. The topological polar surface area (TPSA) is 56.8 Å². The molecule has 2 heterocycles. The fourth-order valence-corrected chi connectivity index (χ4v) is 4.42. The number of hydrogen-bond acceptors (Lipinski definition) is 4. The third-order valence-corrected chi connectivity index (χ3v) is 6.65. The molecule has 0 bridgehead atoms. The Hall–Kier alpha value is -3.41. The zero-order valence-corrected chi connectivity index (χ0v) is 20.3. The first-order valence-electron chi connectivity index (χ1n) is 12.2. The second kappa shape index (κ2) is 11.1. The maximum Gasteiger partial charge on any atom is 0.320 e. The molecule has 1 saturated heterocycles. The second-order valence-corrected chi connectivity index (χ2v) is 9.22. The fourth-order valence-electron chi connectivity index (χ4n) is 4.42. The summed E-state index contributed by atoms with van der Waals surface area (Å²) in [7, 11) is 1.90. The van der Waals surface area contributed by atoms with Crippen LogP contribution in [0.2, 0.25) is 0 Å². The van der Waals surface area contributed by atoms with Gasteiger partial charge in [-0.1, -0.05) is 49.9 Å². The van der Waals surface area contributed by atoms with Crippen molar-refractivity contribution in [1.82, 2.24) is 20.4 Å². The number of nitrogens with zero attached hydrogens (tertiary/aromatic N) is 2.